The van der Waals surface area contributed by atoms with Gasteiger partial charge in [0.15, 0.2) is 0 Å². The fourth-order valence-electron chi connectivity index (χ4n) is 2.91. The average molecular weight is 431 g/mol. The van der Waals surface area contributed by atoms with Crippen LogP contribution in [0.1, 0.15) is 25.3 Å². The molecule has 0 saturated carbocycles. The Morgan fingerprint density at radius 1 is 0.933 bits per heavy atom. The first-order valence-corrected chi connectivity index (χ1v) is 11.2. The highest BCUT2D eigenvalue weighted by Gasteiger charge is 2.23. The molecule has 1 heterocycles. The van der Waals surface area contributed by atoms with Crippen molar-refractivity contribution in [3.8, 4) is 23.0 Å². The molecule has 8 heteroatoms. The first kappa shape index (κ1) is 21.9. The molecule has 7 nitrogen and oxygen atoms in total. The van der Waals surface area contributed by atoms with Crippen LogP contribution in [0.4, 0.5) is 0 Å². The number of aryl methyl sites for hydroxylation is 1. The molecule has 3 rings (SSSR count). The molecule has 1 aromatic heterocycles. The van der Waals surface area contributed by atoms with E-state index in [1.807, 2.05) is 38.1 Å². The molecular formula is C22H26N2O5S. The molecule has 0 radical (unpaired) electrons. The highest BCUT2D eigenvalue weighted by Crippen LogP contribution is 2.26. The molecular weight excluding hydrogens is 404 g/mol. The minimum atomic E-state index is -3.67. The fourth-order valence-corrected chi connectivity index (χ4v) is 4.04. The van der Waals surface area contributed by atoms with E-state index in [0.717, 1.165) is 11.3 Å². The van der Waals surface area contributed by atoms with Crippen LogP contribution in [0.3, 0.4) is 0 Å². The Morgan fingerprint density at radius 2 is 1.47 bits per heavy atom. The molecule has 0 saturated heterocycles. The highest BCUT2D eigenvalue weighted by atomic mass is 32.2. The summed E-state index contributed by atoms with van der Waals surface area (Å²) in [7, 11) is -2.15. The second-order valence-corrected chi connectivity index (χ2v) is 8.69. The quantitative estimate of drug-likeness (QED) is 0.504. The minimum absolute atomic E-state index is 0.0991. The SMILES string of the molecule is CCOc1ccc(-c2nc(CN(C)S(=O)(=O)c3ccc(OCC)cc3)c(C)o2)cc1. The molecule has 0 atom stereocenters. The number of rotatable bonds is 9. The summed E-state index contributed by atoms with van der Waals surface area (Å²) in [5.41, 5.74) is 1.36. The Kier molecular flexibility index (Phi) is 6.79. The van der Waals surface area contributed by atoms with Gasteiger partial charge in [-0.05, 0) is 69.3 Å². The third-order valence-electron chi connectivity index (χ3n) is 4.52. The van der Waals surface area contributed by atoms with Crippen LogP contribution in [-0.2, 0) is 16.6 Å². The largest absolute Gasteiger partial charge is 0.494 e. The molecule has 0 N–H and O–H groups in total. The van der Waals surface area contributed by atoms with Crippen LogP contribution < -0.4 is 9.47 Å². The lowest BCUT2D eigenvalue weighted by Crippen LogP contribution is -2.27. The van der Waals surface area contributed by atoms with Gasteiger partial charge in [0.2, 0.25) is 15.9 Å². The maximum Gasteiger partial charge on any atom is 0.243 e. The average Bonchev–Trinajstić information content (AvgIpc) is 3.10. The number of sulfonamides is 1. The topological polar surface area (TPSA) is 81.9 Å². The number of nitrogens with zero attached hydrogens (tertiary/aromatic N) is 2. The number of hydrogen-bond donors (Lipinski definition) is 0. The third-order valence-corrected chi connectivity index (χ3v) is 6.34. The van der Waals surface area contributed by atoms with Gasteiger partial charge < -0.3 is 13.9 Å². The summed E-state index contributed by atoms with van der Waals surface area (Å²) < 4.78 is 43.7. The summed E-state index contributed by atoms with van der Waals surface area (Å²) >= 11 is 0. The number of ether oxygens (including phenoxy) is 2. The lowest BCUT2D eigenvalue weighted by molar-refractivity contribution is 0.340. The zero-order chi connectivity index (χ0) is 21.7. The van der Waals surface area contributed by atoms with Crippen molar-refractivity contribution >= 4 is 10.0 Å². The molecule has 2 aromatic carbocycles. The van der Waals surface area contributed by atoms with Crippen LogP contribution in [0.2, 0.25) is 0 Å². The van der Waals surface area contributed by atoms with E-state index in [1.54, 1.807) is 19.1 Å². The fraction of sp³-hybridized carbons (Fsp3) is 0.318. The monoisotopic (exact) mass is 430 g/mol. The van der Waals surface area contributed by atoms with Gasteiger partial charge in [0.25, 0.3) is 0 Å². The first-order valence-electron chi connectivity index (χ1n) is 9.74. The Labute approximate surface area is 177 Å². The molecule has 0 unspecified atom stereocenters. The summed E-state index contributed by atoms with van der Waals surface area (Å²) in [6, 6.07) is 13.8. The van der Waals surface area contributed by atoms with E-state index in [4.69, 9.17) is 13.9 Å². The molecule has 0 spiro atoms. The zero-order valence-corrected chi connectivity index (χ0v) is 18.4. The van der Waals surface area contributed by atoms with Crippen molar-refractivity contribution in [1.29, 1.82) is 0 Å². The molecule has 3 aromatic rings. The van der Waals surface area contributed by atoms with E-state index >= 15 is 0 Å². The Hall–Kier alpha value is -2.84. The molecule has 0 amide bonds. The van der Waals surface area contributed by atoms with Gasteiger partial charge in [-0.1, -0.05) is 0 Å². The molecule has 0 aliphatic carbocycles. The summed E-state index contributed by atoms with van der Waals surface area (Å²) in [6.07, 6.45) is 0. The maximum absolute atomic E-state index is 12.9. The van der Waals surface area contributed by atoms with Crippen LogP contribution in [0.15, 0.2) is 57.8 Å². The molecule has 0 fully saturated rings. The third kappa shape index (κ3) is 4.83. The highest BCUT2D eigenvalue weighted by molar-refractivity contribution is 7.89. The van der Waals surface area contributed by atoms with E-state index in [1.165, 1.54) is 23.5 Å². The number of aromatic nitrogens is 1. The van der Waals surface area contributed by atoms with Gasteiger partial charge >= 0.3 is 0 Å². The smallest absolute Gasteiger partial charge is 0.243 e. The van der Waals surface area contributed by atoms with Crippen molar-refractivity contribution in [2.45, 2.75) is 32.2 Å². The van der Waals surface area contributed by atoms with Crippen molar-refractivity contribution in [2.75, 3.05) is 20.3 Å². The van der Waals surface area contributed by atoms with Crippen LogP contribution in [0.25, 0.3) is 11.5 Å². The number of hydrogen-bond acceptors (Lipinski definition) is 6. The van der Waals surface area contributed by atoms with Crippen LogP contribution in [0.5, 0.6) is 11.5 Å². The second kappa shape index (κ2) is 9.32. The molecule has 30 heavy (non-hydrogen) atoms. The second-order valence-electron chi connectivity index (χ2n) is 6.64. The van der Waals surface area contributed by atoms with Crippen LogP contribution in [0, 0.1) is 6.92 Å². The van der Waals surface area contributed by atoms with Gasteiger partial charge in [0.1, 0.15) is 17.3 Å². The van der Waals surface area contributed by atoms with E-state index in [2.05, 4.69) is 4.98 Å². The minimum Gasteiger partial charge on any atom is -0.494 e. The predicted octanol–water partition coefficient (Wildman–Crippen LogP) is 4.27. The molecule has 0 aliphatic rings. The lowest BCUT2D eigenvalue weighted by atomic mass is 10.2. The number of oxazole rings is 1. The maximum atomic E-state index is 12.9. The van der Waals surface area contributed by atoms with Gasteiger partial charge in [0.05, 0.1) is 30.3 Å². The Morgan fingerprint density at radius 3 is 2.00 bits per heavy atom. The molecule has 0 bridgehead atoms. The number of benzene rings is 2. The molecule has 160 valence electrons. The van der Waals surface area contributed by atoms with Crippen LogP contribution >= 0.6 is 0 Å². The summed E-state index contributed by atoms with van der Waals surface area (Å²) in [5, 5.41) is 0. The molecule has 0 aliphatic heterocycles. The van der Waals surface area contributed by atoms with Gasteiger partial charge in [-0.2, -0.15) is 4.31 Å². The predicted molar refractivity (Wildman–Crippen MR) is 114 cm³/mol. The van der Waals surface area contributed by atoms with Crippen molar-refractivity contribution in [3.05, 3.63) is 60.0 Å². The first-order chi connectivity index (χ1) is 14.3. The van der Waals surface area contributed by atoms with E-state index in [-0.39, 0.29) is 11.4 Å². The van der Waals surface area contributed by atoms with E-state index < -0.39 is 10.0 Å². The van der Waals surface area contributed by atoms with E-state index in [0.29, 0.717) is 36.3 Å². The lowest BCUT2D eigenvalue weighted by Gasteiger charge is -2.16. The zero-order valence-electron chi connectivity index (χ0n) is 17.6. The standard InChI is InChI=1S/C22H26N2O5S/c1-5-27-18-9-7-17(8-10-18)22-23-21(16(3)29-22)15-24(4)30(25,26)20-13-11-19(12-14-20)28-6-2/h7-14H,5-6,15H2,1-4H3. The summed E-state index contributed by atoms with van der Waals surface area (Å²) in [5.74, 6) is 2.42. The van der Waals surface area contributed by atoms with Crippen molar-refractivity contribution < 1.29 is 22.3 Å². The van der Waals surface area contributed by atoms with Gasteiger partial charge in [0, 0.05) is 12.6 Å². The van der Waals surface area contributed by atoms with Crippen molar-refractivity contribution in [2.24, 2.45) is 0 Å². The Bertz CT molecular complexity index is 1070. The summed E-state index contributed by atoms with van der Waals surface area (Å²) in [6.45, 7) is 6.79. The van der Waals surface area contributed by atoms with Crippen molar-refractivity contribution in [1.82, 2.24) is 9.29 Å². The van der Waals surface area contributed by atoms with Gasteiger partial charge in [-0.3, -0.25) is 0 Å². The van der Waals surface area contributed by atoms with Crippen LogP contribution in [-0.4, -0.2) is 38.0 Å². The van der Waals surface area contributed by atoms with Crippen molar-refractivity contribution in [3.63, 3.8) is 0 Å². The normalized spacial score (nSPS) is 11.6. The van der Waals surface area contributed by atoms with Gasteiger partial charge in [-0.15, -0.1) is 0 Å². The van der Waals surface area contributed by atoms with Gasteiger partial charge in [-0.25, -0.2) is 13.4 Å². The van der Waals surface area contributed by atoms with E-state index in [9.17, 15) is 8.42 Å². The Balaban J connectivity index is 1.77. The summed E-state index contributed by atoms with van der Waals surface area (Å²) in [4.78, 5) is 4.70.